The van der Waals surface area contributed by atoms with Gasteiger partial charge in [-0.15, -0.1) is 11.3 Å². The maximum absolute atomic E-state index is 12.0. The number of halogens is 1. The van der Waals surface area contributed by atoms with E-state index in [1.54, 1.807) is 13.0 Å². The minimum Gasteiger partial charge on any atom is -0.360 e. The summed E-state index contributed by atoms with van der Waals surface area (Å²) in [6.45, 7) is 3.26. The molecule has 0 fully saturated rings. The Bertz CT molecular complexity index is 769. The molecule has 0 aromatic carbocycles. The van der Waals surface area contributed by atoms with Gasteiger partial charge in [-0.25, -0.2) is 13.1 Å². The van der Waals surface area contributed by atoms with E-state index in [0.29, 0.717) is 15.9 Å². The molecule has 1 N–H and O–H groups in total. The lowest BCUT2D eigenvalue weighted by Gasteiger charge is -2.17. The highest BCUT2D eigenvalue weighted by atomic mass is 35.5. The lowest BCUT2D eigenvalue weighted by Crippen LogP contribution is -2.37. The third kappa shape index (κ3) is 4.07. The van der Waals surface area contributed by atoms with Gasteiger partial charge >= 0.3 is 0 Å². The van der Waals surface area contributed by atoms with Crippen molar-refractivity contribution >= 4 is 44.7 Å². The molecule has 2 aromatic heterocycles. The first-order valence-corrected chi connectivity index (χ1v) is 8.94. The Kier molecular flexibility index (Phi) is 5.22. The van der Waals surface area contributed by atoms with Crippen LogP contribution in [0.5, 0.6) is 0 Å². The first kappa shape index (κ1) is 16.9. The van der Waals surface area contributed by atoms with Gasteiger partial charge in [0.2, 0.25) is 15.9 Å². The fourth-order valence-electron chi connectivity index (χ4n) is 1.72. The Morgan fingerprint density at radius 3 is 2.73 bits per heavy atom. The van der Waals surface area contributed by atoms with Crippen LogP contribution in [0.3, 0.4) is 0 Å². The molecule has 0 saturated heterocycles. The van der Waals surface area contributed by atoms with Crippen molar-refractivity contribution in [1.82, 2.24) is 9.88 Å². The Labute approximate surface area is 136 Å². The summed E-state index contributed by atoms with van der Waals surface area (Å²) in [5.41, 5.74) is 0. The summed E-state index contributed by atoms with van der Waals surface area (Å²) < 4.78 is 31.9. The summed E-state index contributed by atoms with van der Waals surface area (Å²) in [5.74, 6) is 0.657. The highest BCUT2D eigenvalue weighted by molar-refractivity contribution is 7.91. The minimum atomic E-state index is -3.64. The molecule has 0 atom stereocenters. The number of rotatable bonds is 6. The normalized spacial score (nSPS) is 11.6. The van der Waals surface area contributed by atoms with Gasteiger partial charge in [-0.3, -0.25) is 9.69 Å². The van der Waals surface area contributed by atoms with Crippen LogP contribution in [0.25, 0.3) is 0 Å². The van der Waals surface area contributed by atoms with Crippen molar-refractivity contribution in [1.29, 1.82) is 0 Å². The number of anilines is 1. The largest absolute Gasteiger partial charge is 0.360 e. The number of sulfonamides is 1. The molecule has 2 aromatic rings. The van der Waals surface area contributed by atoms with E-state index in [1.807, 2.05) is 0 Å². The van der Waals surface area contributed by atoms with Crippen LogP contribution in [0, 0.1) is 6.92 Å². The number of nitrogens with one attached hydrogen (secondary N) is 1. The zero-order valence-electron chi connectivity index (χ0n) is 11.9. The maximum atomic E-state index is 12.0. The van der Waals surface area contributed by atoms with Crippen molar-refractivity contribution in [2.75, 3.05) is 18.0 Å². The number of thiophene rings is 1. The van der Waals surface area contributed by atoms with Gasteiger partial charge in [0.25, 0.3) is 0 Å². The number of carbonyl (C=O) groups excluding carboxylic acids is 1. The summed E-state index contributed by atoms with van der Waals surface area (Å²) >= 11 is 6.70. The fourth-order valence-corrected chi connectivity index (χ4v) is 4.27. The predicted molar refractivity (Wildman–Crippen MR) is 83.8 cm³/mol. The maximum Gasteiger partial charge on any atom is 0.250 e. The van der Waals surface area contributed by atoms with Crippen molar-refractivity contribution in [3.05, 3.63) is 28.3 Å². The van der Waals surface area contributed by atoms with Crippen LogP contribution in [0.15, 0.2) is 26.9 Å². The molecule has 0 spiro atoms. The average Bonchev–Trinajstić information content (AvgIpc) is 3.03. The fraction of sp³-hybridized carbons (Fsp3) is 0.333. The van der Waals surface area contributed by atoms with Gasteiger partial charge in [0.05, 0.1) is 4.34 Å². The van der Waals surface area contributed by atoms with Crippen LogP contribution in [-0.2, 0) is 14.8 Å². The number of amides is 1. The number of aromatic nitrogens is 1. The molecule has 2 rings (SSSR count). The van der Waals surface area contributed by atoms with Crippen molar-refractivity contribution in [2.24, 2.45) is 0 Å². The van der Waals surface area contributed by atoms with Gasteiger partial charge < -0.3 is 4.52 Å². The van der Waals surface area contributed by atoms with Crippen LogP contribution in [0.2, 0.25) is 4.34 Å². The lowest BCUT2D eigenvalue weighted by atomic mass is 10.4. The second-order valence-corrected chi connectivity index (χ2v) is 8.13. The number of hydrogen-bond donors (Lipinski definition) is 1. The van der Waals surface area contributed by atoms with Crippen LogP contribution >= 0.6 is 22.9 Å². The van der Waals surface area contributed by atoms with E-state index in [0.717, 1.165) is 11.3 Å². The van der Waals surface area contributed by atoms with E-state index in [2.05, 4.69) is 9.88 Å². The van der Waals surface area contributed by atoms with E-state index in [9.17, 15) is 13.2 Å². The van der Waals surface area contributed by atoms with Gasteiger partial charge in [0.1, 0.15) is 9.97 Å². The van der Waals surface area contributed by atoms with Gasteiger partial charge in [0, 0.05) is 26.1 Å². The van der Waals surface area contributed by atoms with Crippen molar-refractivity contribution in [2.45, 2.75) is 18.1 Å². The van der Waals surface area contributed by atoms with Crippen LogP contribution in [0.4, 0.5) is 5.82 Å². The molecular formula is C12H14ClN3O4S2. The van der Waals surface area contributed by atoms with Gasteiger partial charge in [-0.2, -0.15) is 0 Å². The molecule has 0 aliphatic rings. The summed E-state index contributed by atoms with van der Waals surface area (Å²) in [4.78, 5) is 13.0. The molecular weight excluding hydrogens is 350 g/mol. The monoisotopic (exact) mass is 363 g/mol. The molecule has 22 heavy (non-hydrogen) atoms. The van der Waals surface area contributed by atoms with E-state index < -0.39 is 10.0 Å². The van der Waals surface area contributed by atoms with Crippen molar-refractivity contribution < 1.29 is 17.7 Å². The molecule has 0 aliphatic heterocycles. The highest BCUT2D eigenvalue weighted by Crippen LogP contribution is 2.25. The number of aryl methyl sites for hydroxylation is 1. The van der Waals surface area contributed by atoms with Crippen LogP contribution in [-0.4, -0.2) is 32.6 Å². The molecule has 10 heteroatoms. The predicted octanol–water partition coefficient (Wildman–Crippen LogP) is 2.03. The summed E-state index contributed by atoms with van der Waals surface area (Å²) in [6.07, 6.45) is 0. The van der Waals surface area contributed by atoms with Crippen molar-refractivity contribution in [3.8, 4) is 0 Å². The lowest BCUT2D eigenvalue weighted by molar-refractivity contribution is -0.116. The first-order valence-electron chi connectivity index (χ1n) is 6.26. The Balaban J connectivity index is 2.00. The standard InChI is InChI=1S/C12H14ClN3O4S2/c1-8-7-11(15-20-8)16(9(2)17)6-5-14-22(18,19)12-4-3-10(13)21-12/h3-4,7,14H,5-6H2,1-2H3. The zero-order valence-corrected chi connectivity index (χ0v) is 14.3. The molecule has 7 nitrogen and oxygen atoms in total. The summed E-state index contributed by atoms with van der Waals surface area (Å²) in [5, 5.41) is 3.75. The van der Waals surface area contributed by atoms with Crippen molar-refractivity contribution in [3.63, 3.8) is 0 Å². The summed E-state index contributed by atoms with van der Waals surface area (Å²) in [6, 6.07) is 4.55. The first-order chi connectivity index (χ1) is 10.3. The third-order valence-corrected chi connectivity index (χ3v) is 5.90. The topological polar surface area (TPSA) is 92.5 Å². The SMILES string of the molecule is CC(=O)N(CCNS(=O)(=O)c1ccc(Cl)s1)c1cc(C)on1. The highest BCUT2D eigenvalue weighted by Gasteiger charge is 2.19. The smallest absolute Gasteiger partial charge is 0.250 e. The average molecular weight is 364 g/mol. The van der Waals surface area contributed by atoms with Gasteiger partial charge in [0.15, 0.2) is 5.82 Å². The molecule has 0 radical (unpaired) electrons. The molecule has 120 valence electrons. The second kappa shape index (κ2) is 6.78. The zero-order chi connectivity index (χ0) is 16.3. The quantitative estimate of drug-likeness (QED) is 0.847. The van der Waals surface area contributed by atoms with E-state index >= 15 is 0 Å². The minimum absolute atomic E-state index is 0.0450. The Morgan fingerprint density at radius 1 is 1.50 bits per heavy atom. The molecule has 0 saturated carbocycles. The van der Waals surface area contributed by atoms with Gasteiger partial charge in [-0.1, -0.05) is 16.8 Å². The number of nitrogens with zero attached hydrogens (tertiary/aromatic N) is 2. The van der Waals surface area contributed by atoms with Gasteiger partial charge in [-0.05, 0) is 19.1 Å². The third-order valence-electron chi connectivity index (χ3n) is 2.71. The molecule has 0 aliphatic carbocycles. The molecule has 0 unspecified atom stereocenters. The number of hydrogen-bond acceptors (Lipinski definition) is 6. The van der Waals surface area contributed by atoms with E-state index in [4.69, 9.17) is 16.1 Å². The van der Waals surface area contributed by atoms with Crippen LogP contribution in [0.1, 0.15) is 12.7 Å². The molecule has 2 heterocycles. The second-order valence-electron chi connectivity index (χ2n) is 4.42. The van der Waals surface area contributed by atoms with E-state index in [-0.39, 0.29) is 23.2 Å². The summed E-state index contributed by atoms with van der Waals surface area (Å²) in [7, 11) is -3.64. The Hall–Kier alpha value is -1.42. The molecule has 0 bridgehead atoms. The number of carbonyl (C=O) groups is 1. The molecule has 1 amide bonds. The Morgan fingerprint density at radius 2 is 2.23 bits per heavy atom. The van der Waals surface area contributed by atoms with E-state index in [1.165, 1.54) is 24.0 Å². The van der Waals surface area contributed by atoms with Crippen LogP contribution < -0.4 is 9.62 Å².